The van der Waals surface area contributed by atoms with E-state index < -0.39 is 30.3 Å². The summed E-state index contributed by atoms with van der Waals surface area (Å²) in [6, 6.07) is 19.6. The van der Waals surface area contributed by atoms with Crippen LogP contribution in [0.4, 0.5) is 16.4 Å². The molecule has 336 valence electrons. The number of fused-ring (bicyclic) bond motifs is 3. The number of alkyl halides is 1. The van der Waals surface area contributed by atoms with Crippen molar-refractivity contribution in [2.24, 2.45) is 0 Å². The fraction of sp³-hybridized carbons (Fsp3) is 0.455. The summed E-state index contributed by atoms with van der Waals surface area (Å²) in [5.74, 6) is 0.331. The number of hydrogen-bond acceptors (Lipinski definition) is 15. The molecule has 64 heavy (non-hydrogen) atoms. The first-order valence-corrected chi connectivity index (χ1v) is 21.4. The van der Waals surface area contributed by atoms with Gasteiger partial charge in [0.25, 0.3) is 0 Å². The van der Waals surface area contributed by atoms with Crippen LogP contribution in [0.1, 0.15) is 84.9 Å². The van der Waals surface area contributed by atoms with Crippen LogP contribution in [0.25, 0.3) is 22.3 Å². The molecule has 0 radical (unpaired) electrons. The van der Waals surface area contributed by atoms with Crippen LogP contribution in [0.5, 0.6) is 0 Å². The van der Waals surface area contributed by atoms with Crippen molar-refractivity contribution in [3.05, 3.63) is 97.1 Å². The van der Waals surface area contributed by atoms with E-state index in [2.05, 4.69) is 45.8 Å². The smallest absolute Gasteiger partial charge is 0.850 e. The van der Waals surface area contributed by atoms with Gasteiger partial charge in [0, 0.05) is 13.0 Å². The van der Waals surface area contributed by atoms with E-state index in [-0.39, 0.29) is 72.1 Å². The van der Waals surface area contributed by atoms with Crippen LogP contribution in [-0.4, -0.2) is 96.9 Å². The molecule has 8 atom stereocenters. The van der Waals surface area contributed by atoms with Gasteiger partial charge in [0.1, 0.15) is 29.7 Å². The minimum atomic E-state index is -0.750. The number of carbonyl (C=O) groups excluding carboxylic acids is 2. The maximum atomic E-state index is 12.7. The number of halogens is 1. The Kier molecular flexibility index (Phi) is 17.2. The van der Waals surface area contributed by atoms with Crippen molar-refractivity contribution in [3.63, 3.8) is 0 Å². The Morgan fingerprint density at radius 2 is 1.30 bits per heavy atom. The Bertz CT molecular complexity index is 2450. The van der Waals surface area contributed by atoms with E-state index >= 15 is 0 Å². The van der Waals surface area contributed by atoms with Crippen molar-refractivity contribution in [1.82, 2.24) is 43.9 Å². The molecule has 3 saturated heterocycles. The second kappa shape index (κ2) is 21.9. The SMILES string of the molecule is C.CC(C)(C)[O-].CC[C@H]1O[C@@H](n2cnc3c(N)ncnc32)[C@@H]2OC(=O)N(Cc3ccccc3)[C@@H]21.CC[C@H]1O[C@@H](n2cnc3c(N)ncnc32)[C@H](OC(=O)CCc2ccccc2)[C@H]1Br.[Na+]. The topological polar surface area (TPSA) is 237 Å². The van der Waals surface area contributed by atoms with E-state index in [1.54, 1.807) is 47.5 Å². The Balaban J connectivity index is 0.000000212. The average Bonchev–Trinajstić information content (AvgIpc) is 4.08. The predicted octanol–water partition coefficient (Wildman–Crippen LogP) is 2.91. The molecule has 0 unspecified atom stereocenters. The summed E-state index contributed by atoms with van der Waals surface area (Å²) < 4.78 is 27.6. The zero-order chi connectivity index (χ0) is 44.1. The third-order valence-corrected chi connectivity index (χ3v) is 11.6. The van der Waals surface area contributed by atoms with Gasteiger partial charge in [-0.2, -0.15) is 0 Å². The molecule has 4 aromatic heterocycles. The number of nitrogens with two attached hydrogens (primary N) is 2. The maximum absolute atomic E-state index is 12.7. The zero-order valence-corrected chi connectivity index (χ0v) is 39.7. The summed E-state index contributed by atoms with van der Waals surface area (Å²) in [6.07, 6.45) is 5.81. The summed E-state index contributed by atoms with van der Waals surface area (Å²) >= 11 is 3.67. The zero-order valence-electron chi connectivity index (χ0n) is 36.2. The second-order valence-electron chi connectivity index (χ2n) is 16.1. The molecular formula is C44H55BrN11NaO7. The molecule has 6 aromatic rings. The van der Waals surface area contributed by atoms with Gasteiger partial charge in [-0.25, -0.2) is 34.7 Å². The standard InChI is InChI=1S/C20H22BrN5O3.C19H20N6O3.C4H9O.CH4.Na/c1-2-13-15(21)17(29-14(27)9-8-12-6-4-3-5-7-12)20(28-13)26-11-25-16-18(22)23-10-24-19(16)26;1-2-12-14-15(28-19(26)24(14)8-11-6-4-3-5-7-11)18(27-12)25-10-23-13-16(20)21-9-22-17(13)25;1-4(2,3)5;;/h3-7,10-11,13,15,17,20H,2,8-9H2,1H3,(H2,22,23,24);3-7,9-10,12,14-15,18H,2,8H2,1H3,(H2,20,21,22);1-3H3;1H4;/q;;-1;;+1/t13-,15+,17-,20-;12-,14-,15-,18-;;;/m11.../s1. The van der Waals surface area contributed by atoms with E-state index in [1.807, 2.05) is 74.5 Å². The van der Waals surface area contributed by atoms with Crippen molar-refractivity contribution >= 4 is 62.0 Å². The molecule has 7 heterocycles. The van der Waals surface area contributed by atoms with Crippen LogP contribution in [0.15, 0.2) is 86.0 Å². The van der Waals surface area contributed by atoms with Crippen molar-refractivity contribution < 1.29 is 63.2 Å². The first-order chi connectivity index (χ1) is 29.7. The van der Waals surface area contributed by atoms with Gasteiger partial charge in [-0.15, -0.1) is 5.60 Å². The minimum Gasteiger partial charge on any atom is -0.850 e. The summed E-state index contributed by atoms with van der Waals surface area (Å²) in [5.41, 5.74) is 15.3. The van der Waals surface area contributed by atoms with E-state index in [4.69, 9.17) is 30.4 Å². The number of nitrogens with zero attached hydrogens (tertiary/aromatic N) is 9. The number of nitrogen functional groups attached to an aromatic ring is 2. The number of anilines is 2. The van der Waals surface area contributed by atoms with Crippen LogP contribution in [0.2, 0.25) is 0 Å². The number of aryl methyl sites for hydroxylation is 1. The third-order valence-electron chi connectivity index (χ3n) is 10.5. The van der Waals surface area contributed by atoms with Gasteiger partial charge in [-0.1, -0.05) is 119 Å². The van der Waals surface area contributed by atoms with Crippen LogP contribution < -0.4 is 46.1 Å². The summed E-state index contributed by atoms with van der Waals surface area (Å²) in [5, 5.41) is 10.1. The Hall–Kier alpha value is -4.76. The molecule has 3 aliphatic heterocycles. The molecule has 9 rings (SSSR count). The van der Waals surface area contributed by atoms with Gasteiger partial charge in [0.05, 0.1) is 29.7 Å². The van der Waals surface area contributed by atoms with Crippen LogP contribution in [0.3, 0.4) is 0 Å². The molecule has 3 fully saturated rings. The number of carbonyl (C=O) groups is 2. The molecule has 2 aromatic carbocycles. The Morgan fingerprint density at radius 3 is 1.83 bits per heavy atom. The number of aromatic nitrogens is 8. The van der Waals surface area contributed by atoms with Crippen LogP contribution in [0, 0.1) is 0 Å². The molecule has 0 spiro atoms. The Morgan fingerprint density at radius 1 is 0.797 bits per heavy atom. The van der Waals surface area contributed by atoms with Crippen molar-refractivity contribution in [2.75, 3.05) is 11.5 Å². The van der Waals surface area contributed by atoms with Gasteiger partial charge in [0.2, 0.25) is 0 Å². The average molecular weight is 953 g/mol. The van der Waals surface area contributed by atoms with Crippen molar-refractivity contribution in [2.45, 2.75) is 128 Å². The maximum Gasteiger partial charge on any atom is 1.00 e. The molecule has 3 aliphatic rings. The number of amides is 1. The monoisotopic (exact) mass is 951 g/mol. The molecule has 0 saturated carbocycles. The molecule has 0 bridgehead atoms. The summed E-state index contributed by atoms with van der Waals surface area (Å²) in [7, 11) is 0. The predicted molar refractivity (Wildman–Crippen MR) is 238 cm³/mol. The number of hydrogen-bond donors (Lipinski definition) is 2. The summed E-state index contributed by atoms with van der Waals surface area (Å²) in [4.78, 5) is 52.0. The molecular weight excluding hydrogens is 897 g/mol. The van der Waals surface area contributed by atoms with Gasteiger partial charge >= 0.3 is 41.6 Å². The van der Waals surface area contributed by atoms with E-state index in [1.165, 1.54) is 12.7 Å². The number of esters is 1. The van der Waals surface area contributed by atoms with Crippen molar-refractivity contribution in [3.8, 4) is 0 Å². The third kappa shape index (κ3) is 11.4. The van der Waals surface area contributed by atoms with Gasteiger partial charge in [-0.05, 0) is 30.4 Å². The normalized spacial score (nSPS) is 23.5. The molecule has 1 amide bonds. The fourth-order valence-electron chi connectivity index (χ4n) is 7.62. The number of rotatable bonds is 10. The largest absolute Gasteiger partial charge is 1.00 e. The second-order valence-corrected chi connectivity index (χ2v) is 17.1. The quantitative estimate of drug-likeness (QED) is 0.114. The first-order valence-electron chi connectivity index (χ1n) is 20.5. The Labute approximate surface area is 402 Å². The first kappa shape index (κ1) is 50.2. The van der Waals surface area contributed by atoms with Crippen molar-refractivity contribution in [1.29, 1.82) is 0 Å². The van der Waals surface area contributed by atoms with E-state index in [0.717, 1.165) is 24.0 Å². The van der Waals surface area contributed by atoms with Gasteiger partial charge < -0.3 is 35.5 Å². The molecule has 4 N–H and O–H groups in total. The number of benzene rings is 2. The van der Waals surface area contributed by atoms with Crippen LogP contribution in [-0.2, 0) is 36.7 Å². The van der Waals surface area contributed by atoms with Crippen LogP contribution >= 0.6 is 15.9 Å². The minimum absolute atomic E-state index is 0. The fourth-order valence-corrected chi connectivity index (χ4v) is 8.49. The van der Waals surface area contributed by atoms with E-state index in [0.29, 0.717) is 53.3 Å². The molecule has 18 nitrogen and oxygen atoms in total. The molecule has 20 heteroatoms. The molecule has 0 aliphatic carbocycles. The van der Waals surface area contributed by atoms with E-state index in [9.17, 15) is 14.7 Å². The number of imidazole rings is 2. The van der Waals surface area contributed by atoms with Gasteiger partial charge in [-0.3, -0.25) is 18.8 Å². The van der Waals surface area contributed by atoms with Gasteiger partial charge in [0.15, 0.2) is 47.6 Å². The number of ether oxygens (including phenoxy) is 4. The summed E-state index contributed by atoms with van der Waals surface area (Å²) in [6.45, 7) is 9.45.